The lowest BCUT2D eigenvalue weighted by Crippen LogP contribution is -2.38. The van der Waals surface area contributed by atoms with Crippen molar-refractivity contribution in [2.24, 2.45) is 4.99 Å². The van der Waals surface area contributed by atoms with E-state index < -0.39 is 0 Å². The van der Waals surface area contributed by atoms with Gasteiger partial charge in [0.2, 0.25) is 5.91 Å². The van der Waals surface area contributed by atoms with E-state index in [2.05, 4.69) is 20.9 Å². The molecule has 1 aliphatic rings. The smallest absolute Gasteiger partial charge is 0.221 e. The molecule has 0 aliphatic heterocycles. The lowest BCUT2D eigenvalue weighted by Gasteiger charge is -2.09. The van der Waals surface area contributed by atoms with Crippen LogP contribution in [0.2, 0.25) is 0 Å². The molecule has 1 fully saturated rings. The first-order valence-corrected chi connectivity index (χ1v) is 6.57. The predicted octanol–water partition coefficient (Wildman–Crippen LogP) is 0.620. The summed E-state index contributed by atoms with van der Waals surface area (Å²) in [5, 5.41) is 9.34. The van der Waals surface area contributed by atoms with Crippen LogP contribution in [-0.2, 0) is 4.79 Å². The highest BCUT2D eigenvalue weighted by Gasteiger charge is 2.21. The van der Waals surface area contributed by atoms with Crippen LogP contribution in [0.1, 0.15) is 39.5 Å². The number of hydrogen-bond acceptors (Lipinski definition) is 2. The lowest BCUT2D eigenvalue weighted by molar-refractivity contribution is -0.120. The molecular weight excluding hydrogens is 216 g/mol. The zero-order valence-corrected chi connectivity index (χ0v) is 10.9. The van der Waals surface area contributed by atoms with Crippen molar-refractivity contribution >= 4 is 11.9 Å². The molecule has 1 aliphatic carbocycles. The van der Waals surface area contributed by atoms with Crippen molar-refractivity contribution in [2.45, 2.75) is 45.6 Å². The monoisotopic (exact) mass is 240 g/mol. The zero-order valence-electron chi connectivity index (χ0n) is 10.9. The van der Waals surface area contributed by atoms with Gasteiger partial charge in [0.25, 0.3) is 0 Å². The molecular formula is C12H24N4O. The number of hydrogen-bond donors (Lipinski definition) is 3. The number of rotatable bonds is 7. The number of amides is 1. The number of carbonyl (C=O) groups excluding carboxylic acids is 1. The van der Waals surface area contributed by atoms with Crippen LogP contribution in [0.15, 0.2) is 4.99 Å². The largest absolute Gasteiger partial charge is 0.357 e. The van der Waals surface area contributed by atoms with Crippen LogP contribution in [0, 0.1) is 0 Å². The molecule has 0 unspecified atom stereocenters. The molecule has 5 heteroatoms. The van der Waals surface area contributed by atoms with Crippen LogP contribution in [0.5, 0.6) is 0 Å². The van der Waals surface area contributed by atoms with E-state index in [0.717, 1.165) is 25.5 Å². The maximum Gasteiger partial charge on any atom is 0.221 e. The average molecular weight is 240 g/mol. The summed E-state index contributed by atoms with van der Waals surface area (Å²) in [5.41, 5.74) is 0. The van der Waals surface area contributed by atoms with E-state index in [-0.39, 0.29) is 5.91 Å². The van der Waals surface area contributed by atoms with Crippen molar-refractivity contribution in [1.82, 2.24) is 16.0 Å². The van der Waals surface area contributed by atoms with Gasteiger partial charge in [-0.15, -0.1) is 0 Å². The van der Waals surface area contributed by atoms with E-state index in [9.17, 15) is 4.79 Å². The molecule has 17 heavy (non-hydrogen) atoms. The molecule has 0 saturated heterocycles. The third-order valence-electron chi connectivity index (χ3n) is 2.44. The fraction of sp³-hybridized carbons (Fsp3) is 0.833. The van der Waals surface area contributed by atoms with Gasteiger partial charge in [-0.1, -0.05) is 6.92 Å². The van der Waals surface area contributed by atoms with Gasteiger partial charge in [-0.05, 0) is 26.2 Å². The van der Waals surface area contributed by atoms with Gasteiger partial charge in [0, 0.05) is 25.6 Å². The summed E-state index contributed by atoms with van der Waals surface area (Å²) in [6.45, 7) is 6.22. The predicted molar refractivity (Wildman–Crippen MR) is 70.1 cm³/mol. The fourth-order valence-corrected chi connectivity index (χ4v) is 1.36. The van der Waals surface area contributed by atoms with Gasteiger partial charge < -0.3 is 16.0 Å². The van der Waals surface area contributed by atoms with Crippen LogP contribution < -0.4 is 16.0 Å². The van der Waals surface area contributed by atoms with Crippen molar-refractivity contribution in [2.75, 3.05) is 19.6 Å². The number of carbonyl (C=O) groups is 1. The van der Waals surface area contributed by atoms with Crippen molar-refractivity contribution in [3.05, 3.63) is 0 Å². The van der Waals surface area contributed by atoms with Crippen molar-refractivity contribution in [3.63, 3.8) is 0 Å². The van der Waals surface area contributed by atoms with Gasteiger partial charge >= 0.3 is 0 Å². The van der Waals surface area contributed by atoms with E-state index in [1.54, 1.807) is 0 Å². The molecule has 1 amide bonds. The number of guanidine groups is 1. The number of aliphatic imine (C=N–C) groups is 1. The summed E-state index contributed by atoms with van der Waals surface area (Å²) >= 11 is 0. The topological polar surface area (TPSA) is 65.5 Å². The zero-order chi connectivity index (χ0) is 12.5. The molecule has 0 spiro atoms. The molecule has 1 rings (SSSR count). The van der Waals surface area contributed by atoms with Crippen molar-refractivity contribution < 1.29 is 4.79 Å². The highest BCUT2D eigenvalue weighted by molar-refractivity contribution is 5.81. The summed E-state index contributed by atoms with van der Waals surface area (Å²) in [7, 11) is 0. The van der Waals surface area contributed by atoms with Crippen molar-refractivity contribution in [1.29, 1.82) is 0 Å². The quantitative estimate of drug-likeness (QED) is 0.451. The molecule has 0 aromatic carbocycles. The third kappa shape index (κ3) is 6.81. The Morgan fingerprint density at radius 1 is 1.29 bits per heavy atom. The van der Waals surface area contributed by atoms with E-state index in [4.69, 9.17) is 0 Å². The van der Waals surface area contributed by atoms with Gasteiger partial charge in [0.05, 0.1) is 6.54 Å². The van der Waals surface area contributed by atoms with Crippen LogP contribution in [0.25, 0.3) is 0 Å². The molecule has 0 radical (unpaired) electrons. The highest BCUT2D eigenvalue weighted by Crippen LogP contribution is 2.18. The molecule has 98 valence electrons. The van der Waals surface area contributed by atoms with E-state index in [1.165, 1.54) is 12.8 Å². The SMILES string of the molecule is CCCNC(=O)CCN=C(NCC)NC1CC1. The number of nitrogens with one attached hydrogen (secondary N) is 3. The first kappa shape index (κ1) is 13.8. The minimum absolute atomic E-state index is 0.0814. The summed E-state index contributed by atoms with van der Waals surface area (Å²) in [6, 6.07) is 0.585. The van der Waals surface area contributed by atoms with Gasteiger partial charge in [-0.2, -0.15) is 0 Å². The Labute approximate surface area is 103 Å². The molecule has 3 N–H and O–H groups in total. The Balaban J connectivity index is 2.19. The normalized spacial score (nSPS) is 15.5. The standard InChI is InChI=1S/C12H24N4O/c1-3-8-14-11(17)7-9-15-12(13-4-2)16-10-5-6-10/h10H,3-9H2,1-2H3,(H,14,17)(H2,13,15,16). The molecule has 0 bridgehead atoms. The molecule has 0 aromatic heterocycles. The van der Waals surface area contributed by atoms with Gasteiger partial charge in [-0.25, -0.2) is 0 Å². The summed E-state index contributed by atoms with van der Waals surface area (Å²) in [6.07, 6.45) is 3.88. The van der Waals surface area contributed by atoms with Crippen molar-refractivity contribution in [3.8, 4) is 0 Å². The highest BCUT2D eigenvalue weighted by atomic mass is 16.1. The van der Waals surface area contributed by atoms with Gasteiger partial charge in [0.15, 0.2) is 5.96 Å². The fourth-order valence-electron chi connectivity index (χ4n) is 1.36. The lowest BCUT2D eigenvalue weighted by atomic mass is 10.4. The molecule has 5 nitrogen and oxygen atoms in total. The number of nitrogens with zero attached hydrogens (tertiary/aromatic N) is 1. The van der Waals surface area contributed by atoms with Crippen LogP contribution in [0.3, 0.4) is 0 Å². The van der Waals surface area contributed by atoms with Gasteiger partial charge in [0.1, 0.15) is 0 Å². The Hall–Kier alpha value is -1.26. The van der Waals surface area contributed by atoms with E-state index in [0.29, 0.717) is 19.0 Å². The van der Waals surface area contributed by atoms with Crippen LogP contribution in [0.4, 0.5) is 0 Å². The second-order valence-electron chi connectivity index (χ2n) is 4.28. The molecule has 0 heterocycles. The van der Waals surface area contributed by atoms with Crippen LogP contribution >= 0.6 is 0 Å². The molecule has 0 atom stereocenters. The minimum Gasteiger partial charge on any atom is -0.357 e. The first-order chi connectivity index (χ1) is 8.26. The summed E-state index contributed by atoms with van der Waals surface area (Å²) in [4.78, 5) is 15.7. The second kappa shape index (κ2) is 7.92. The maximum atomic E-state index is 11.4. The van der Waals surface area contributed by atoms with E-state index in [1.807, 2.05) is 13.8 Å². The van der Waals surface area contributed by atoms with Crippen LogP contribution in [-0.4, -0.2) is 37.5 Å². The Morgan fingerprint density at radius 3 is 2.65 bits per heavy atom. The first-order valence-electron chi connectivity index (χ1n) is 6.57. The summed E-state index contributed by atoms with van der Waals surface area (Å²) in [5.74, 6) is 0.913. The molecule has 0 aromatic rings. The third-order valence-corrected chi connectivity index (χ3v) is 2.44. The maximum absolute atomic E-state index is 11.4. The second-order valence-corrected chi connectivity index (χ2v) is 4.28. The van der Waals surface area contributed by atoms with E-state index >= 15 is 0 Å². The Bertz CT molecular complexity index is 261. The van der Waals surface area contributed by atoms with Gasteiger partial charge in [-0.3, -0.25) is 9.79 Å². The average Bonchev–Trinajstić information content (AvgIpc) is 3.10. The summed E-state index contributed by atoms with van der Waals surface area (Å²) < 4.78 is 0. The minimum atomic E-state index is 0.0814. The Morgan fingerprint density at radius 2 is 2.06 bits per heavy atom. The molecule has 1 saturated carbocycles. The Kier molecular flexibility index (Phi) is 6.43.